The Morgan fingerprint density at radius 3 is 2.45 bits per heavy atom. The maximum Gasteiger partial charge on any atom is 0.253 e. The van der Waals surface area contributed by atoms with Gasteiger partial charge in [0.1, 0.15) is 11.6 Å². The fraction of sp³-hybridized carbons (Fsp3) is 0.188. The molecule has 0 unspecified atom stereocenters. The number of carbonyl (C=O) groups is 1. The van der Waals surface area contributed by atoms with Crippen LogP contribution in [0.1, 0.15) is 21.5 Å². The first-order valence-corrected chi connectivity index (χ1v) is 6.27. The van der Waals surface area contributed by atoms with E-state index in [2.05, 4.69) is 0 Å². The molecule has 0 aliphatic carbocycles. The molecule has 0 heterocycles. The van der Waals surface area contributed by atoms with E-state index in [-0.39, 0.29) is 17.5 Å². The summed E-state index contributed by atoms with van der Waals surface area (Å²) >= 11 is 0. The lowest BCUT2D eigenvalue weighted by Crippen LogP contribution is -2.26. The molecule has 0 bridgehead atoms. The SMILES string of the molecule is Cc1cc(C(=O)N(C)Cc2ccc(F)cc2)ccc1O. The van der Waals surface area contributed by atoms with Gasteiger partial charge in [-0.3, -0.25) is 4.79 Å². The third-order valence-electron chi connectivity index (χ3n) is 3.12. The van der Waals surface area contributed by atoms with E-state index < -0.39 is 0 Å². The number of phenolic OH excluding ortho intramolecular Hbond substituents is 1. The molecule has 0 saturated carbocycles. The van der Waals surface area contributed by atoms with Gasteiger partial charge in [-0.25, -0.2) is 4.39 Å². The first kappa shape index (κ1) is 14.1. The zero-order valence-electron chi connectivity index (χ0n) is 11.4. The van der Waals surface area contributed by atoms with Crippen LogP contribution in [-0.2, 0) is 6.54 Å². The summed E-state index contributed by atoms with van der Waals surface area (Å²) in [5.41, 5.74) is 2.04. The zero-order chi connectivity index (χ0) is 14.7. The van der Waals surface area contributed by atoms with Crippen molar-refractivity contribution in [2.45, 2.75) is 13.5 Å². The van der Waals surface area contributed by atoms with Crippen molar-refractivity contribution in [1.82, 2.24) is 4.90 Å². The van der Waals surface area contributed by atoms with Crippen molar-refractivity contribution in [1.29, 1.82) is 0 Å². The normalized spacial score (nSPS) is 10.3. The lowest BCUT2D eigenvalue weighted by molar-refractivity contribution is 0.0785. The highest BCUT2D eigenvalue weighted by molar-refractivity contribution is 5.94. The van der Waals surface area contributed by atoms with Crippen LogP contribution in [0.4, 0.5) is 4.39 Å². The van der Waals surface area contributed by atoms with Gasteiger partial charge >= 0.3 is 0 Å². The van der Waals surface area contributed by atoms with E-state index in [9.17, 15) is 14.3 Å². The largest absolute Gasteiger partial charge is 0.508 e. The van der Waals surface area contributed by atoms with Gasteiger partial charge in [0.2, 0.25) is 0 Å². The zero-order valence-corrected chi connectivity index (χ0v) is 11.4. The van der Waals surface area contributed by atoms with Crippen molar-refractivity contribution in [2.75, 3.05) is 7.05 Å². The van der Waals surface area contributed by atoms with Crippen LogP contribution in [0.5, 0.6) is 5.75 Å². The predicted octanol–water partition coefficient (Wildman–Crippen LogP) is 3.11. The minimum absolute atomic E-state index is 0.141. The number of hydrogen-bond donors (Lipinski definition) is 1. The van der Waals surface area contributed by atoms with Gasteiger partial charge in [-0.2, -0.15) is 0 Å². The monoisotopic (exact) mass is 273 g/mol. The lowest BCUT2D eigenvalue weighted by atomic mass is 10.1. The summed E-state index contributed by atoms with van der Waals surface area (Å²) < 4.78 is 12.8. The molecular formula is C16H16FNO2. The van der Waals surface area contributed by atoms with Gasteiger partial charge < -0.3 is 10.0 Å². The van der Waals surface area contributed by atoms with Crippen LogP contribution in [0.2, 0.25) is 0 Å². The van der Waals surface area contributed by atoms with Gasteiger partial charge in [-0.05, 0) is 48.4 Å². The van der Waals surface area contributed by atoms with Gasteiger partial charge in [0, 0.05) is 19.2 Å². The number of aryl methyl sites for hydroxylation is 1. The molecule has 0 spiro atoms. The fourth-order valence-corrected chi connectivity index (χ4v) is 1.94. The highest BCUT2D eigenvalue weighted by atomic mass is 19.1. The van der Waals surface area contributed by atoms with E-state index in [1.807, 2.05) is 0 Å². The van der Waals surface area contributed by atoms with E-state index in [1.165, 1.54) is 18.2 Å². The van der Waals surface area contributed by atoms with Crippen LogP contribution in [0, 0.1) is 12.7 Å². The van der Waals surface area contributed by atoms with Gasteiger partial charge in [0.15, 0.2) is 0 Å². The predicted molar refractivity (Wildman–Crippen MR) is 75.0 cm³/mol. The first-order chi connectivity index (χ1) is 9.47. The first-order valence-electron chi connectivity index (χ1n) is 6.27. The minimum Gasteiger partial charge on any atom is -0.508 e. The molecule has 0 saturated heterocycles. The van der Waals surface area contributed by atoms with E-state index in [0.717, 1.165) is 5.56 Å². The Balaban J connectivity index is 2.11. The van der Waals surface area contributed by atoms with Crippen molar-refractivity contribution in [2.24, 2.45) is 0 Å². The average Bonchev–Trinajstić information content (AvgIpc) is 2.43. The van der Waals surface area contributed by atoms with Gasteiger partial charge in [-0.1, -0.05) is 12.1 Å². The number of benzene rings is 2. The summed E-state index contributed by atoms with van der Waals surface area (Å²) in [7, 11) is 1.69. The summed E-state index contributed by atoms with van der Waals surface area (Å²) in [5.74, 6) is -0.267. The fourth-order valence-electron chi connectivity index (χ4n) is 1.94. The van der Waals surface area contributed by atoms with Crippen LogP contribution < -0.4 is 0 Å². The molecule has 0 atom stereocenters. The summed E-state index contributed by atoms with van der Waals surface area (Å²) in [6, 6.07) is 10.8. The molecule has 1 N–H and O–H groups in total. The number of phenols is 1. The summed E-state index contributed by atoms with van der Waals surface area (Å²) in [5, 5.41) is 9.46. The topological polar surface area (TPSA) is 40.5 Å². The molecule has 1 amide bonds. The maximum atomic E-state index is 12.8. The summed E-state index contributed by atoms with van der Waals surface area (Å²) in [6.45, 7) is 2.14. The Hall–Kier alpha value is -2.36. The molecule has 0 aromatic heterocycles. The molecule has 0 radical (unpaired) electrons. The quantitative estimate of drug-likeness (QED) is 0.933. The van der Waals surface area contributed by atoms with Crippen LogP contribution in [0.3, 0.4) is 0 Å². The third kappa shape index (κ3) is 3.15. The number of hydrogen-bond acceptors (Lipinski definition) is 2. The molecule has 2 aromatic carbocycles. The van der Waals surface area contributed by atoms with E-state index in [0.29, 0.717) is 17.7 Å². The summed E-state index contributed by atoms with van der Waals surface area (Å²) in [4.78, 5) is 13.8. The van der Waals surface area contributed by atoms with E-state index in [1.54, 1.807) is 43.1 Å². The van der Waals surface area contributed by atoms with Crippen molar-refractivity contribution < 1.29 is 14.3 Å². The number of amides is 1. The Morgan fingerprint density at radius 2 is 1.85 bits per heavy atom. The number of aromatic hydroxyl groups is 1. The molecule has 104 valence electrons. The highest BCUT2D eigenvalue weighted by Gasteiger charge is 2.13. The van der Waals surface area contributed by atoms with E-state index in [4.69, 9.17) is 0 Å². The minimum atomic E-state index is -0.295. The third-order valence-corrected chi connectivity index (χ3v) is 3.12. The number of halogens is 1. The second-order valence-corrected chi connectivity index (χ2v) is 4.79. The highest BCUT2D eigenvalue weighted by Crippen LogP contribution is 2.18. The van der Waals surface area contributed by atoms with Gasteiger partial charge in [0.05, 0.1) is 0 Å². The standard InChI is InChI=1S/C16H16FNO2/c1-11-9-13(5-8-15(11)19)16(20)18(2)10-12-3-6-14(17)7-4-12/h3-9,19H,10H2,1-2H3. The molecular weight excluding hydrogens is 257 g/mol. The number of nitrogens with zero attached hydrogens (tertiary/aromatic N) is 1. The van der Waals surface area contributed by atoms with E-state index >= 15 is 0 Å². The molecule has 4 heteroatoms. The van der Waals surface area contributed by atoms with Crippen LogP contribution in [-0.4, -0.2) is 23.0 Å². The van der Waals surface area contributed by atoms with Crippen LogP contribution in [0.25, 0.3) is 0 Å². The second-order valence-electron chi connectivity index (χ2n) is 4.79. The van der Waals surface area contributed by atoms with Gasteiger partial charge in [-0.15, -0.1) is 0 Å². The van der Waals surface area contributed by atoms with Crippen molar-refractivity contribution in [3.8, 4) is 5.75 Å². The van der Waals surface area contributed by atoms with Crippen molar-refractivity contribution in [3.05, 3.63) is 65.0 Å². The molecule has 2 aromatic rings. The Labute approximate surface area is 117 Å². The molecule has 2 rings (SSSR count). The molecule has 3 nitrogen and oxygen atoms in total. The Kier molecular flexibility index (Phi) is 4.03. The number of carbonyl (C=O) groups excluding carboxylic acids is 1. The molecule has 20 heavy (non-hydrogen) atoms. The Morgan fingerprint density at radius 1 is 1.20 bits per heavy atom. The average molecular weight is 273 g/mol. The molecule has 0 fully saturated rings. The molecule has 0 aliphatic heterocycles. The Bertz CT molecular complexity index is 623. The van der Waals surface area contributed by atoms with Crippen molar-refractivity contribution >= 4 is 5.91 Å². The smallest absolute Gasteiger partial charge is 0.253 e. The van der Waals surface area contributed by atoms with Crippen LogP contribution in [0.15, 0.2) is 42.5 Å². The second kappa shape index (κ2) is 5.74. The van der Waals surface area contributed by atoms with Crippen LogP contribution >= 0.6 is 0 Å². The maximum absolute atomic E-state index is 12.8. The van der Waals surface area contributed by atoms with Crippen molar-refractivity contribution in [3.63, 3.8) is 0 Å². The molecule has 0 aliphatic rings. The lowest BCUT2D eigenvalue weighted by Gasteiger charge is -2.17. The van der Waals surface area contributed by atoms with Gasteiger partial charge in [0.25, 0.3) is 5.91 Å². The number of rotatable bonds is 3. The summed E-state index contributed by atoms with van der Waals surface area (Å²) in [6.07, 6.45) is 0.